The summed E-state index contributed by atoms with van der Waals surface area (Å²) in [7, 11) is 0. The van der Waals surface area contributed by atoms with Crippen molar-refractivity contribution in [3.63, 3.8) is 0 Å². The molecule has 0 aliphatic rings. The zero-order valence-electron chi connectivity index (χ0n) is 15.6. The summed E-state index contributed by atoms with van der Waals surface area (Å²) in [6.07, 6.45) is 0. The predicted molar refractivity (Wildman–Crippen MR) is 120 cm³/mol. The van der Waals surface area contributed by atoms with Crippen LogP contribution in [-0.4, -0.2) is 0 Å². The molecule has 0 amide bonds. The summed E-state index contributed by atoms with van der Waals surface area (Å²) in [5.41, 5.74) is 3.97. The molecule has 0 saturated carbocycles. The topological polar surface area (TPSA) is 0 Å². The van der Waals surface area contributed by atoms with Gasteiger partial charge in [0.2, 0.25) is 0 Å². The Morgan fingerprint density at radius 3 is 0.625 bits per heavy atom. The van der Waals surface area contributed by atoms with Crippen LogP contribution in [-0.2, 0) is 0 Å². The Morgan fingerprint density at radius 2 is 0.542 bits per heavy atom. The van der Waals surface area contributed by atoms with Gasteiger partial charge in [-0.05, 0) is 20.8 Å². The SMILES string of the molecule is CC.Cc1ccccc1.Cc1ccccc1.Cc1ccccc1.I. The molecule has 0 aromatic heterocycles. The summed E-state index contributed by atoms with van der Waals surface area (Å²) in [4.78, 5) is 0. The number of hydrogen-bond acceptors (Lipinski definition) is 0. The van der Waals surface area contributed by atoms with Crippen molar-refractivity contribution in [3.05, 3.63) is 108 Å². The summed E-state index contributed by atoms with van der Waals surface area (Å²) in [5, 5.41) is 0. The van der Waals surface area contributed by atoms with Crippen LogP contribution in [0.15, 0.2) is 91.0 Å². The van der Waals surface area contributed by atoms with Crippen LogP contribution in [0.3, 0.4) is 0 Å². The first kappa shape index (κ1) is 24.6. The molecule has 0 nitrogen and oxygen atoms in total. The summed E-state index contributed by atoms with van der Waals surface area (Å²) >= 11 is 0. The van der Waals surface area contributed by atoms with E-state index in [0.717, 1.165) is 0 Å². The van der Waals surface area contributed by atoms with E-state index in [1.54, 1.807) is 0 Å². The molecule has 0 saturated heterocycles. The van der Waals surface area contributed by atoms with E-state index < -0.39 is 0 Å². The average molecular weight is 434 g/mol. The Labute approximate surface area is 166 Å². The van der Waals surface area contributed by atoms with Gasteiger partial charge >= 0.3 is 0 Å². The van der Waals surface area contributed by atoms with Crippen molar-refractivity contribution >= 4 is 24.0 Å². The summed E-state index contributed by atoms with van der Waals surface area (Å²) < 4.78 is 0. The second kappa shape index (κ2) is 17.7. The van der Waals surface area contributed by atoms with Crippen molar-refractivity contribution in [2.45, 2.75) is 34.6 Å². The lowest BCUT2D eigenvalue weighted by atomic mass is 10.2. The summed E-state index contributed by atoms with van der Waals surface area (Å²) in [6.45, 7) is 10.3. The van der Waals surface area contributed by atoms with Gasteiger partial charge in [-0.15, -0.1) is 24.0 Å². The highest BCUT2D eigenvalue weighted by atomic mass is 127. The molecule has 0 heterocycles. The van der Waals surface area contributed by atoms with Gasteiger partial charge in [-0.1, -0.05) is 122 Å². The monoisotopic (exact) mass is 434 g/mol. The molecule has 0 aliphatic heterocycles. The van der Waals surface area contributed by atoms with Gasteiger partial charge in [0.1, 0.15) is 0 Å². The van der Waals surface area contributed by atoms with E-state index in [-0.39, 0.29) is 24.0 Å². The van der Waals surface area contributed by atoms with Crippen molar-refractivity contribution in [2.75, 3.05) is 0 Å². The smallest absolute Gasteiger partial charge is 0.0398 e. The molecule has 0 spiro atoms. The van der Waals surface area contributed by atoms with Crippen LogP contribution in [0.2, 0.25) is 0 Å². The van der Waals surface area contributed by atoms with Gasteiger partial charge in [0.25, 0.3) is 0 Å². The van der Waals surface area contributed by atoms with E-state index in [1.807, 2.05) is 68.4 Å². The Bertz CT molecular complexity index is 485. The predicted octanol–water partition coefficient (Wildman–Crippen LogP) is 7.63. The van der Waals surface area contributed by atoms with Crippen LogP contribution < -0.4 is 0 Å². The molecule has 0 bridgehead atoms. The second-order valence-corrected chi connectivity index (χ2v) is 4.96. The summed E-state index contributed by atoms with van der Waals surface area (Å²) in [6, 6.07) is 30.8. The second-order valence-electron chi connectivity index (χ2n) is 4.96. The van der Waals surface area contributed by atoms with E-state index in [0.29, 0.717) is 0 Å². The van der Waals surface area contributed by atoms with Gasteiger partial charge < -0.3 is 0 Å². The molecule has 3 aromatic rings. The lowest BCUT2D eigenvalue weighted by molar-refractivity contribution is 1.48. The maximum atomic E-state index is 2.08. The Hall–Kier alpha value is -1.61. The number of halogens is 1. The van der Waals surface area contributed by atoms with Crippen LogP contribution in [0.1, 0.15) is 30.5 Å². The minimum absolute atomic E-state index is 0. The fourth-order valence-electron chi connectivity index (χ4n) is 1.60. The molecule has 3 rings (SSSR count). The van der Waals surface area contributed by atoms with Crippen LogP contribution in [0.4, 0.5) is 0 Å². The van der Waals surface area contributed by atoms with Crippen molar-refractivity contribution in [2.24, 2.45) is 0 Å². The van der Waals surface area contributed by atoms with Crippen LogP contribution in [0.5, 0.6) is 0 Å². The highest BCUT2D eigenvalue weighted by molar-refractivity contribution is 14.0. The Morgan fingerprint density at radius 1 is 0.375 bits per heavy atom. The first-order valence-electron chi connectivity index (χ1n) is 8.23. The summed E-state index contributed by atoms with van der Waals surface area (Å²) in [5.74, 6) is 0. The molecule has 0 N–H and O–H groups in total. The number of hydrogen-bond donors (Lipinski definition) is 0. The number of rotatable bonds is 0. The van der Waals surface area contributed by atoms with Gasteiger partial charge in [-0.2, -0.15) is 0 Å². The maximum Gasteiger partial charge on any atom is -0.0398 e. The Balaban J connectivity index is 0. The minimum atomic E-state index is 0. The van der Waals surface area contributed by atoms with Crippen LogP contribution in [0, 0.1) is 20.8 Å². The third-order valence-electron chi connectivity index (χ3n) is 2.82. The highest BCUT2D eigenvalue weighted by Gasteiger charge is 1.73. The van der Waals surface area contributed by atoms with Crippen molar-refractivity contribution in [1.29, 1.82) is 0 Å². The molecule has 130 valence electrons. The van der Waals surface area contributed by atoms with Crippen LogP contribution in [0.25, 0.3) is 0 Å². The fourth-order valence-corrected chi connectivity index (χ4v) is 1.60. The number of aryl methyl sites for hydroxylation is 3. The average Bonchev–Trinajstić information content (AvgIpc) is 2.60. The molecule has 0 aliphatic carbocycles. The molecule has 0 fully saturated rings. The van der Waals surface area contributed by atoms with Crippen molar-refractivity contribution in [3.8, 4) is 0 Å². The van der Waals surface area contributed by atoms with E-state index in [2.05, 4.69) is 57.2 Å². The van der Waals surface area contributed by atoms with Crippen molar-refractivity contribution in [1.82, 2.24) is 0 Å². The van der Waals surface area contributed by atoms with Gasteiger partial charge in [-0.3, -0.25) is 0 Å². The lowest BCUT2D eigenvalue weighted by Gasteiger charge is -1.82. The molecule has 0 radical (unpaired) electrons. The standard InChI is InChI=1S/3C7H8.C2H6.HI/c3*1-7-5-3-2-4-6-7;1-2;/h3*2-6H,1H3;1-2H3;1H. The molecular formula is C23H31I. The first-order valence-corrected chi connectivity index (χ1v) is 8.23. The molecule has 0 atom stereocenters. The molecular weight excluding hydrogens is 403 g/mol. The van der Waals surface area contributed by atoms with Gasteiger partial charge in [-0.25, -0.2) is 0 Å². The number of benzene rings is 3. The van der Waals surface area contributed by atoms with Crippen LogP contribution >= 0.6 is 24.0 Å². The van der Waals surface area contributed by atoms with E-state index >= 15 is 0 Å². The molecule has 1 heteroatoms. The van der Waals surface area contributed by atoms with Gasteiger partial charge in [0.15, 0.2) is 0 Å². The lowest BCUT2D eigenvalue weighted by Crippen LogP contribution is -1.62. The first-order chi connectivity index (χ1) is 11.2. The molecule has 24 heavy (non-hydrogen) atoms. The normalized spacial score (nSPS) is 7.88. The maximum absolute atomic E-state index is 2.08. The molecule has 3 aromatic carbocycles. The largest absolute Gasteiger partial charge is 0.107 e. The quantitative estimate of drug-likeness (QED) is 0.319. The van der Waals surface area contributed by atoms with Gasteiger partial charge in [0, 0.05) is 0 Å². The van der Waals surface area contributed by atoms with Gasteiger partial charge in [0.05, 0.1) is 0 Å². The molecule has 0 unspecified atom stereocenters. The fraction of sp³-hybridized carbons (Fsp3) is 0.217. The highest BCUT2D eigenvalue weighted by Crippen LogP contribution is 1.93. The van der Waals surface area contributed by atoms with E-state index in [9.17, 15) is 0 Å². The van der Waals surface area contributed by atoms with E-state index in [4.69, 9.17) is 0 Å². The zero-order valence-corrected chi connectivity index (χ0v) is 17.9. The third kappa shape index (κ3) is 15.3. The third-order valence-corrected chi connectivity index (χ3v) is 2.82. The Kier molecular flexibility index (Phi) is 18.2. The minimum Gasteiger partial charge on any atom is -0.107 e. The van der Waals surface area contributed by atoms with E-state index in [1.165, 1.54) is 16.7 Å². The van der Waals surface area contributed by atoms with Crippen molar-refractivity contribution < 1.29 is 0 Å². The zero-order chi connectivity index (χ0) is 17.3.